The zero-order valence-electron chi connectivity index (χ0n) is 13.2. The van der Waals surface area contributed by atoms with E-state index < -0.39 is 4.92 Å². The molecule has 0 atom stereocenters. The first-order valence-corrected chi connectivity index (χ1v) is 6.95. The Morgan fingerprint density at radius 1 is 1.00 bits per heavy atom. The molecule has 0 unspecified atom stereocenters. The van der Waals surface area contributed by atoms with E-state index in [0.29, 0.717) is 23.7 Å². The molecule has 0 spiro atoms. The Morgan fingerprint density at radius 3 is 2.00 bits per heavy atom. The number of nitro groups is 1. The molecule has 0 saturated heterocycles. The Bertz CT molecular complexity index is 657. The van der Waals surface area contributed by atoms with Crippen molar-refractivity contribution in [3.63, 3.8) is 0 Å². The van der Waals surface area contributed by atoms with Gasteiger partial charge in [0.25, 0.3) is 5.69 Å². The van der Waals surface area contributed by atoms with Gasteiger partial charge < -0.3 is 14.2 Å². The van der Waals surface area contributed by atoms with Gasteiger partial charge in [0.2, 0.25) is 0 Å². The highest BCUT2D eigenvalue weighted by molar-refractivity contribution is 5.52. The average molecular weight is 316 g/mol. The highest BCUT2D eigenvalue weighted by Crippen LogP contribution is 2.35. The molecule has 0 bridgehead atoms. The first kappa shape index (κ1) is 16.6. The minimum absolute atomic E-state index is 0.0711. The maximum Gasteiger partial charge on any atom is 0.269 e. The van der Waals surface area contributed by atoms with Gasteiger partial charge in [-0.05, 0) is 18.4 Å². The number of hydrogen-bond acceptors (Lipinski definition) is 5. The lowest BCUT2D eigenvalue weighted by atomic mass is 10.0. The predicted octanol–water partition coefficient (Wildman–Crippen LogP) is 3.42. The molecule has 0 N–H and O–H groups in total. The first-order chi connectivity index (χ1) is 11.1. The van der Waals surface area contributed by atoms with E-state index in [4.69, 9.17) is 14.2 Å². The smallest absolute Gasteiger partial charge is 0.269 e. The van der Waals surface area contributed by atoms with Crippen molar-refractivity contribution in [2.45, 2.75) is 6.42 Å². The molecule has 0 aliphatic heterocycles. The molecule has 2 rings (SSSR count). The standard InChI is InChI=1S/C17H18NO5/c1-21-14-10-16(22-2)15(17(11-14)23-3)9-6-12-4-7-13(8-5-12)18(19)20/h4-8,10-11H,9H2,1-3H3. The summed E-state index contributed by atoms with van der Waals surface area (Å²) in [7, 11) is 4.75. The maximum atomic E-state index is 10.7. The lowest BCUT2D eigenvalue weighted by molar-refractivity contribution is -0.384. The monoisotopic (exact) mass is 316 g/mol. The molecule has 1 radical (unpaired) electrons. The fourth-order valence-corrected chi connectivity index (χ4v) is 2.23. The third-order valence-electron chi connectivity index (χ3n) is 3.46. The third kappa shape index (κ3) is 3.91. The van der Waals surface area contributed by atoms with Gasteiger partial charge in [0.05, 0.1) is 26.3 Å². The van der Waals surface area contributed by atoms with Gasteiger partial charge in [0.15, 0.2) is 0 Å². The second-order valence-corrected chi connectivity index (χ2v) is 4.77. The van der Waals surface area contributed by atoms with Crippen LogP contribution < -0.4 is 14.2 Å². The molecule has 23 heavy (non-hydrogen) atoms. The highest BCUT2D eigenvalue weighted by atomic mass is 16.6. The van der Waals surface area contributed by atoms with Crippen LogP contribution in [-0.4, -0.2) is 26.3 Å². The van der Waals surface area contributed by atoms with Crippen molar-refractivity contribution < 1.29 is 19.1 Å². The van der Waals surface area contributed by atoms with Crippen molar-refractivity contribution >= 4 is 5.69 Å². The van der Waals surface area contributed by atoms with Crippen LogP contribution >= 0.6 is 0 Å². The summed E-state index contributed by atoms with van der Waals surface area (Å²) >= 11 is 0. The molecule has 0 fully saturated rings. The first-order valence-electron chi connectivity index (χ1n) is 6.95. The van der Waals surface area contributed by atoms with Gasteiger partial charge in [-0.25, -0.2) is 0 Å². The van der Waals surface area contributed by atoms with Crippen molar-refractivity contribution in [2.24, 2.45) is 0 Å². The molecule has 6 nitrogen and oxygen atoms in total. The molecule has 0 heterocycles. The molecule has 0 saturated carbocycles. The van der Waals surface area contributed by atoms with Crippen LogP contribution in [0.3, 0.4) is 0 Å². The van der Waals surface area contributed by atoms with Crippen molar-refractivity contribution in [1.82, 2.24) is 0 Å². The van der Waals surface area contributed by atoms with E-state index >= 15 is 0 Å². The van der Waals surface area contributed by atoms with Gasteiger partial charge in [-0.3, -0.25) is 10.1 Å². The SMILES string of the molecule is COc1cc(OC)c(C[CH]c2ccc([N+](=O)[O-])cc2)c(OC)c1. The number of non-ortho nitro benzene ring substituents is 1. The normalized spacial score (nSPS) is 10.2. The lowest BCUT2D eigenvalue weighted by Crippen LogP contribution is -1.99. The molecule has 0 amide bonds. The van der Waals surface area contributed by atoms with Crippen LogP contribution in [0.4, 0.5) is 5.69 Å². The fourth-order valence-electron chi connectivity index (χ4n) is 2.23. The highest BCUT2D eigenvalue weighted by Gasteiger charge is 2.13. The molecule has 0 aliphatic carbocycles. The molecule has 6 heteroatoms. The molecular formula is C17H18NO5. The van der Waals surface area contributed by atoms with Gasteiger partial charge in [0.1, 0.15) is 17.2 Å². The molecule has 121 valence electrons. The van der Waals surface area contributed by atoms with Crippen LogP contribution in [0.25, 0.3) is 0 Å². The number of nitro benzene ring substituents is 1. The number of rotatable bonds is 7. The van der Waals surface area contributed by atoms with Gasteiger partial charge >= 0.3 is 0 Å². The van der Waals surface area contributed by atoms with Gasteiger partial charge in [-0.15, -0.1) is 0 Å². The Balaban J connectivity index is 2.20. The van der Waals surface area contributed by atoms with Crippen LogP contribution in [0, 0.1) is 16.5 Å². The second kappa shape index (κ2) is 7.49. The van der Waals surface area contributed by atoms with Crippen molar-refractivity contribution in [2.75, 3.05) is 21.3 Å². The van der Waals surface area contributed by atoms with E-state index in [1.165, 1.54) is 12.1 Å². The third-order valence-corrected chi connectivity index (χ3v) is 3.46. The van der Waals surface area contributed by atoms with Crippen LogP contribution in [0.2, 0.25) is 0 Å². The fraction of sp³-hybridized carbons (Fsp3) is 0.235. The summed E-state index contributed by atoms with van der Waals surface area (Å²) in [6.45, 7) is 0. The number of ether oxygens (including phenoxy) is 3. The zero-order chi connectivity index (χ0) is 16.8. The minimum atomic E-state index is -0.417. The topological polar surface area (TPSA) is 70.8 Å². The van der Waals surface area contributed by atoms with E-state index in [1.54, 1.807) is 45.6 Å². The number of benzene rings is 2. The summed E-state index contributed by atoms with van der Waals surface area (Å²) in [6.07, 6.45) is 2.52. The Kier molecular flexibility index (Phi) is 5.41. The van der Waals surface area contributed by atoms with Crippen LogP contribution in [0.15, 0.2) is 36.4 Å². The minimum Gasteiger partial charge on any atom is -0.496 e. The quantitative estimate of drug-likeness (QED) is 0.578. The van der Waals surface area contributed by atoms with Crippen molar-refractivity contribution in [3.8, 4) is 17.2 Å². The summed E-state index contributed by atoms with van der Waals surface area (Å²) < 4.78 is 16.0. The zero-order valence-corrected chi connectivity index (χ0v) is 13.2. The van der Waals surface area contributed by atoms with Crippen molar-refractivity contribution in [3.05, 3.63) is 64.1 Å². The van der Waals surface area contributed by atoms with Crippen LogP contribution in [0.5, 0.6) is 17.2 Å². The van der Waals surface area contributed by atoms with Gasteiger partial charge in [-0.1, -0.05) is 12.1 Å². The van der Waals surface area contributed by atoms with E-state index in [0.717, 1.165) is 11.1 Å². The summed E-state index contributed by atoms with van der Waals surface area (Å²) in [5, 5.41) is 10.7. The summed E-state index contributed by atoms with van der Waals surface area (Å²) in [4.78, 5) is 10.3. The average Bonchev–Trinajstić information content (AvgIpc) is 2.59. The van der Waals surface area contributed by atoms with Crippen LogP contribution in [-0.2, 0) is 6.42 Å². The number of methoxy groups -OCH3 is 3. The lowest BCUT2D eigenvalue weighted by Gasteiger charge is -2.15. The van der Waals surface area contributed by atoms with Crippen molar-refractivity contribution in [1.29, 1.82) is 0 Å². The summed E-state index contributed by atoms with van der Waals surface area (Å²) in [6, 6.07) is 9.97. The Labute approximate surface area is 134 Å². The van der Waals surface area contributed by atoms with Gasteiger partial charge in [-0.2, -0.15) is 0 Å². The number of hydrogen-bond donors (Lipinski definition) is 0. The summed E-state index contributed by atoms with van der Waals surface area (Å²) in [5.41, 5.74) is 1.84. The van der Waals surface area contributed by atoms with E-state index in [2.05, 4.69) is 0 Å². The van der Waals surface area contributed by atoms with E-state index in [9.17, 15) is 10.1 Å². The van der Waals surface area contributed by atoms with Crippen LogP contribution in [0.1, 0.15) is 11.1 Å². The largest absolute Gasteiger partial charge is 0.496 e. The maximum absolute atomic E-state index is 10.7. The predicted molar refractivity (Wildman–Crippen MR) is 86.3 cm³/mol. The molecule has 2 aromatic carbocycles. The van der Waals surface area contributed by atoms with E-state index in [-0.39, 0.29) is 5.69 Å². The van der Waals surface area contributed by atoms with E-state index in [1.807, 2.05) is 6.42 Å². The number of nitrogens with zero attached hydrogens (tertiary/aromatic N) is 1. The summed E-state index contributed by atoms with van der Waals surface area (Å²) in [5.74, 6) is 1.98. The molecule has 0 aliphatic rings. The Morgan fingerprint density at radius 2 is 1.57 bits per heavy atom. The molecular weight excluding hydrogens is 298 g/mol. The van der Waals surface area contributed by atoms with Gasteiger partial charge in [0, 0.05) is 29.8 Å². The molecule has 2 aromatic rings. The molecule has 0 aromatic heterocycles. The Hall–Kier alpha value is -2.76. The second-order valence-electron chi connectivity index (χ2n) is 4.77.